The first-order valence-electron chi connectivity index (χ1n) is 12.9. The van der Waals surface area contributed by atoms with E-state index in [1.165, 1.54) is 10.9 Å². The summed E-state index contributed by atoms with van der Waals surface area (Å²) >= 11 is 0. The van der Waals surface area contributed by atoms with Crippen molar-refractivity contribution in [2.24, 2.45) is 5.41 Å². The molecular weight excluding hydrogens is 483 g/mol. The van der Waals surface area contributed by atoms with Crippen LogP contribution >= 0.6 is 0 Å². The number of anilines is 1. The van der Waals surface area contributed by atoms with Crippen molar-refractivity contribution < 1.29 is 9.18 Å². The lowest BCUT2D eigenvalue weighted by Gasteiger charge is -2.39. The number of H-pyrrole nitrogens is 1. The van der Waals surface area contributed by atoms with Gasteiger partial charge in [0.2, 0.25) is 5.91 Å². The summed E-state index contributed by atoms with van der Waals surface area (Å²) in [5, 5.41) is 14.4. The highest BCUT2D eigenvalue weighted by atomic mass is 19.1. The van der Waals surface area contributed by atoms with Gasteiger partial charge in [0.25, 0.3) is 0 Å². The molecule has 1 saturated heterocycles. The molecule has 4 aromatic rings. The number of hydrogen-bond acceptors (Lipinski definition) is 6. The molecule has 0 radical (unpaired) electrons. The molecule has 0 aliphatic carbocycles. The lowest BCUT2D eigenvalue weighted by molar-refractivity contribution is -0.132. The smallest absolute Gasteiger partial charge is 0.226 e. The molecular formula is C28H33FN8O. The van der Waals surface area contributed by atoms with Gasteiger partial charge in [-0.3, -0.25) is 9.89 Å². The van der Waals surface area contributed by atoms with Gasteiger partial charge in [0.15, 0.2) is 11.6 Å². The summed E-state index contributed by atoms with van der Waals surface area (Å²) in [5.74, 6) is 1.09. The monoisotopic (exact) mass is 516 g/mol. The second kappa shape index (κ2) is 10.4. The Kier molecular flexibility index (Phi) is 6.96. The Labute approximate surface area is 221 Å². The van der Waals surface area contributed by atoms with Gasteiger partial charge >= 0.3 is 0 Å². The number of piperidine rings is 1. The highest BCUT2D eigenvalue weighted by molar-refractivity contribution is 5.83. The average Bonchev–Trinajstić information content (AvgIpc) is 3.51. The maximum Gasteiger partial charge on any atom is 0.226 e. The minimum absolute atomic E-state index is 0.0367. The number of rotatable bonds is 7. The highest BCUT2D eigenvalue weighted by Crippen LogP contribution is 2.34. The van der Waals surface area contributed by atoms with E-state index in [2.05, 4.69) is 49.6 Å². The second-order valence-electron chi connectivity index (χ2n) is 10.5. The molecule has 0 aromatic carbocycles. The van der Waals surface area contributed by atoms with E-state index in [0.29, 0.717) is 12.2 Å². The van der Waals surface area contributed by atoms with Crippen LogP contribution in [-0.4, -0.2) is 48.9 Å². The number of hydrogen-bond donors (Lipinski definition) is 2. The topological polar surface area (TPSA) is 105 Å². The Morgan fingerprint density at radius 1 is 1.13 bits per heavy atom. The summed E-state index contributed by atoms with van der Waals surface area (Å²) < 4.78 is 14.6. The van der Waals surface area contributed by atoms with Crippen LogP contribution in [0.1, 0.15) is 60.9 Å². The van der Waals surface area contributed by atoms with Gasteiger partial charge in [0, 0.05) is 42.5 Å². The normalized spacial score (nSPS) is 15.9. The van der Waals surface area contributed by atoms with Crippen LogP contribution in [0.2, 0.25) is 0 Å². The number of carbonyl (C=O) groups excluding carboxylic acids is 1. The molecule has 9 nitrogen and oxygen atoms in total. The predicted octanol–water partition coefficient (Wildman–Crippen LogP) is 4.22. The van der Waals surface area contributed by atoms with Crippen molar-refractivity contribution in [3.8, 4) is 5.82 Å². The van der Waals surface area contributed by atoms with Gasteiger partial charge in [-0.15, -0.1) is 0 Å². The molecule has 38 heavy (non-hydrogen) atoms. The molecule has 1 atom stereocenters. The van der Waals surface area contributed by atoms with Crippen molar-refractivity contribution >= 4 is 11.7 Å². The number of pyridine rings is 2. The molecule has 0 unspecified atom stereocenters. The van der Waals surface area contributed by atoms with Crippen molar-refractivity contribution in [2.45, 2.75) is 53.0 Å². The van der Waals surface area contributed by atoms with E-state index < -0.39 is 11.2 Å². The van der Waals surface area contributed by atoms with Gasteiger partial charge in [0.05, 0.1) is 24.1 Å². The van der Waals surface area contributed by atoms with E-state index in [-0.39, 0.29) is 11.9 Å². The summed E-state index contributed by atoms with van der Waals surface area (Å²) in [6, 6.07) is 9.69. The molecule has 1 aliphatic heterocycles. The van der Waals surface area contributed by atoms with E-state index in [9.17, 15) is 9.18 Å². The van der Waals surface area contributed by atoms with Crippen molar-refractivity contribution in [3.05, 3.63) is 82.9 Å². The maximum atomic E-state index is 13.3. The number of nitrogens with zero attached hydrogens (tertiary/aromatic N) is 6. The third-order valence-corrected chi connectivity index (χ3v) is 7.27. The lowest BCUT2D eigenvalue weighted by Crippen LogP contribution is -2.48. The average molecular weight is 517 g/mol. The van der Waals surface area contributed by atoms with Crippen LogP contribution in [0.3, 0.4) is 0 Å². The zero-order valence-corrected chi connectivity index (χ0v) is 22.2. The van der Waals surface area contributed by atoms with Gasteiger partial charge in [-0.25, -0.2) is 19.0 Å². The molecule has 10 heteroatoms. The van der Waals surface area contributed by atoms with Gasteiger partial charge < -0.3 is 10.2 Å². The van der Waals surface area contributed by atoms with Crippen LogP contribution in [0, 0.1) is 25.1 Å². The number of nitrogens with one attached hydrogen (secondary N) is 2. The Morgan fingerprint density at radius 3 is 2.55 bits per heavy atom. The molecule has 0 spiro atoms. The first-order chi connectivity index (χ1) is 18.2. The first-order valence-corrected chi connectivity index (χ1v) is 12.9. The van der Waals surface area contributed by atoms with Crippen LogP contribution in [0.15, 0.2) is 48.9 Å². The predicted molar refractivity (Wildman–Crippen MR) is 143 cm³/mol. The van der Waals surface area contributed by atoms with Crippen molar-refractivity contribution in [2.75, 3.05) is 18.0 Å². The molecule has 0 saturated carbocycles. The number of aryl methyl sites for hydroxylation is 2. The molecule has 2 N–H and O–H groups in total. The van der Waals surface area contributed by atoms with Crippen LogP contribution < -0.4 is 10.2 Å². The second-order valence-corrected chi connectivity index (χ2v) is 10.5. The molecule has 1 fully saturated rings. The van der Waals surface area contributed by atoms with E-state index in [0.717, 1.165) is 66.2 Å². The van der Waals surface area contributed by atoms with E-state index >= 15 is 0 Å². The fourth-order valence-electron chi connectivity index (χ4n) is 4.85. The summed E-state index contributed by atoms with van der Waals surface area (Å²) in [4.78, 5) is 24.9. The third-order valence-electron chi connectivity index (χ3n) is 7.27. The van der Waals surface area contributed by atoms with Gasteiger partial charge in [0.1, 0.15) is 5.82 Å². The number of carbonyl (C=O) groups is 1. The van der Waals surface area contributed by atoms with Crippen LogP contribution in [0.25, 0.3) is 5.82 Å². The van der Waals surface area contributed by atoms with Gasteiger partial charge in [-0.1, -0.05) is 13.0 Å². The van der Waals surface area contributed by atoms with Crippen molar-refractivity contribution in [1.29, 1.82) is 0 Å². The van der Waals surface area contributed by atoms with Crippen LogP contribution in [0.4, 0.5) is 10.2 Å². The number of aromatic nitrogens is 6. The molecule has 1 aliphatic rings. The molecule has 0 bridgehead atoms. The SMILES string of the molecule is Cc1cc(Cc2cc(C)[nH]n2)nc(N2CCC(C)(C(=O)N[C@@H](C)c3ccc(-n4cc(F)cn4)nc3)CC2)c1. The zero-order valence-electron chi connectivity index (χ0n) is 22.2. The van der Waals surface area contributed by atoms with Crippen LogP contribution in [0.5, 0.6) is 0 Å². The number of amides is 1. The molecule has 5 rings (SSSR count). The number of halogens is 1. The number of aromatic amines is 1. The minimum atomic E-state index is -0.468. The Balaban J connectivity index is 1.19. The standard InChI is InChI=1S/C28H33FN8O/c1-18-11-23(14-24-13-19(2)34-35-24)33-26(12-18)36-9-7-28(4,8-10-36)27(38)32-20(3)21-5-6-25(30-15-21)37-17-22(29)16-31-37/h5-6,11-13,15-17,20H,7-10,14H2,1-4H3,(H,32,38)(H,34,35)/t20-/m0/s1. The summed E-state index contributed by atoms with van der Waals surface area (Å²) in [6.45, 7) is 9.57. The summed E-state index contributed by atoms with van der Waals surface area (Å²) in [7, 11) is 0. The quantitative estimate of drug-likeness (QED) is 0.381. The Morgan fingerprint density at radius 2 is 1.92 bits per heavy atom. The fraction of sp³-hybridized carbons (Fsp3) is 0.393. The van der Waals surface area contributed by atoms with Crippen LogP contribution in [-0.2, 0) is 11.2 Å². The van der Waals surface area contributed by atoms with Gasteiger partial charge in [-0.05, 0) is 69.0 Å². The Bertz CT molecular complexity index is 1420. The molecule has 5 heterocycles. The molecule has 4 aromatic heterocycles. The van der Waals surface area contributed by atoms with Crippen molar-refractivity contribution in [1.82, 2.24) is 35.3 Å². The molecule has 1 amide bonds. The third kappa shape index (κ3) is 5.58. The van der Waals surface area contributed by atoms with E-state index in [1.54, 1.807) is 12.3 Å². The van der Waals surface area contributed by atoms with E-state index in [4.69, 9.17) is 4.98 Å². The largest absolute Gasteiger partial charge is 0.357 e. The van der Waals surface area contributed by atoms with Gasteiger partial charge in [-0.2, -0.15) is 10.2 Å². The van der Waals surface area contributed by atoms with Crippen molar-refractivity contribution in [3.63, 3.8) is 0 Å². The summed E-state index contributed by atoms with van der Waals surface area (Å²) in [5.41, 5.74) is 4.57. The first kappa shape index (κ1) is 25.6. The maximum absolute atomic E-state index is 13.3. The minimum Gasteiger partial charge on any atom is -0.357 e. The van der Waals surface area contributed by atoms with E-state index in [1.807, 2.05) is 32.9 Å². The summed E-state index contributed by atoms with van der Waals surface area (Å²) in [6.07, 6.45) is 6.25. The lowest BCUT2D eigenvalue weighted by atomic mass is 9.79. The molecule has 198 valence electrons. The Hall–Kier alpha value is -4.08. The fourth-order valence-corrected chi connectivity index (χ4v) is 4.85. The highest BCUT2D eigenvalue weighted by Gasteiger charge is 2.38. The zero-order chi connectivity index (χ0) is 26.9.